The molecule has 2 aromatic heterocycles. The van der Waals surface area contributed by atoms with Crippen LogP contribution in [-0.4, -0.2) is 28.7 Å². The molecule has 2 aromatic carbocycles. The second-order valence-corrected chi connectivity index (χ2v) is 8.50. The Bertz CT molecular complexity index is 1380. The molecule has 178 valence electrons. The number of nitrogens with one attached hydrogen (secondary N) is 3. The molecule has 3 amide bonds. The summed E-state index contributed by atoms with van der Waals surface area (Å²) in [6, 6.07) is 18.6. The summed E-state index contributed by atoms with van der Waals surface area (Å²) in [5, 5.41) is 3.40. The van der Waals surface area contributed by atoms with Crippen LogP contribution in [0.2, 0.25) is 0 Å². The van der Waals surface area contributed by atoms with E-state index in [1.165, 1.54) is 6.26 Å². The van der Waals surface area contributed by atoms with Gasteiger partial charge in [-0.1, -0.05) is 50.2 Å². The van der Waals surface area contributed by atoms with Crippen molar-refractivity contribution in [2.45, 2.75) is 26.8 Å². The van der Waals surface area contributed by atoms with Gasteiger partial charge in [0.2, 0.25) is 0 Å². The first-order chi connectivity index (χ1) is 16.8. The van der Waals surface area contributed by atoms with Crippen LogP contribution in [0.15, 0.2) is 77.4 Å². The number of carbonyl (C=O) groups excluding carboxylic acids is 3. The van der Waals surface area contributed by atoms with Crippen LogP contribution in [0.25, 0.3) is 22.4 Å². The molecular weight excluding hydrogens is 444 g/mol. The number of carbonyl (C=O) groups is 3. The molecular formula is C27H26N4O4. The van der Waals surface area contributed by atoms with Crippen molar-refractivity contribution >= 4 is 28.6 Å². The topological polar surface area (TPSA) is 113 Å². The van der Waals surface area contributed by atoms with Gasteiger partial charge in [-0.25, -0.2) is 4.98 Å². The lowest BCUT2D eigenvalue weighted by molar-refractivity contribution is -0.124. The first-order valence-corrected chi connectivity index (χ1v) is 11.3. The number of aryl methyl sites for hydroxylation is 1. The fraction of sp³-hybridized carbons (Fsp3) is 0.185. The molecule has 0 aliphatic rings. The third kappa shape index (κ3) is 5.22. The van der Waals surface area contributed by atoms with E-state index in [2.05, 4.69) is 21.2 Å². The summed E-state index contributed by atoms with van der Waals surface area (Å²) in [7, 11) is 0. The summed E-state index contributed by atoms with van der Waals surface area (Å²) in [6.45, 7) is 5.46. The van der Waals surface area contributed by atoms with Gasteiger partial charge in [-0.15, -0.1) is 0 Å². The molecule has 0 saturated heterocycles. The fourth-order valence-corrected chi connectivity index (χ4v) is 3.76. The van der Waals surface area contributed by atoms with Crippen molar-refractivity contribution in [1.29, 1.82) is 0 Å². The molecule has 0 saturated carbocycles. The number of benzene rings is 2. The first-order valence-electron chi connectivity index (χ1n) is 11.3. The number of furan rings is 1. The lowest BCUT2D eigenvalue weighted by Crippen LogP contribution is -2.54. The largest absolute Gasteiger partial charge is 0.463 e. The second-order valence-electron chi connectivity index (χ2n) is 8.50. The molecule has 0 bridgehead atoms. The molecule has 1 atom stereocenters. The first kappa shape index (κ1) is 23.7. The number of fused-ring (bicyclic) bond motifs is 1. The molecule has 4 aromatic rings. The van der Waals surface area contributed by atoms with E-state index in [9.17, 15) is 14.4 Å². The Morgan fingerprint density at radius 2 is 1.60 bits per heavy atom. The fourth-order valence-electron chi connectivity index (χ4n) is 3.76. The maximum Gasteiger partial charge on any atom is 0.270 e. The minimum atomic E-state index is -0.852. The summed E-state index contributed by atoms with van der Waals surface area (Å²) in [5.41, 5.74) is 7.66. The molecule has 0 radical (unpaired) electrons. The normalized spacial score (nSPS) is 11.8. The van der Waals surface area contributed by atoms with E-state index in [1.54, 1.807) is 42.5 Å². The van der Waals surface area contributed by atoms with Crippen molar-refractivity contribution in [1.82, 2.24) is 21.2 Å². The van der Waals surface area contributed by atoms with E-state index in [0.29, 0.717) is 33.5 Å². The van der Waals surface area contributed by atoms with Crippen LogP contribution in [0, 0.1) is 12.8 Å². The van der Waals surface area contributed by atoms with Crippen LogP contribution >= 0.6 is 0 Å². The molecule has 2 heterocycles. The Morgan fingerprint density at radius 1 is 0.857 bits per heavy atom. The van der Waals surface area contributed by atoms with Crippen molar-refractivity contribution in [3.8, 4) is 11.5 Å². The molecule has 0 spiro atoms. The highest BCUT2D eigenvalue weighted by molar-refractivity contribution is 6.07. The number of hydrogen-bond donors (Lipinski definition) is 3. The highest BCUT2D eigenvalue weighted by Gasteiger charge is 2.26. The van der Waals surface area contributed by atoms with Crippen molar-refractivity contribution < 1.29 is 18.8 Å². The minimum absolute atomic E-state index is 0.216. The zero-order valence-electron chi connectivity index (χ0n) is 19.7. The zero-order valence-corrected chi connectivity index (χ0v) is 19.7. The monoisotopic (exact) mass is 470 g/mol. The number of amides is 3. The molecule has 8 nitrogen and oxygen atoms in total. The van der Waals surface area contributed by atoms with Crippen molar-refractivity contribution in [3.05, 3.63) is 89.7 Å². The summed E-state index contributed by atoms with van der Waals surface area (Å²) in [5.74, 6) is -1.09. The van der Waals surface area contributed by atoms with E-state index >= 15 is 0 Å². The Hall–Kier alpha value is -4.46. The third-order valence-corrected chi connectivity index (χ3v) is 5.66. The number of hydrogen-bond acceptors (Lipinski definition) is 5. The van der Waals surface area contributed by atoms with Crippen molar-refractivity contribution in [2.75, 3.05) is 0 Å². The molecule has 8 heteroatoms. The Morgan fingerprint density at radius 3 is 2.31 bits per heavy atom. The molecule has 0 unspecified atom stereocenters. The predicted octanol–water partition coefficient (Wildman–Crippen LogP) is 4.02. The van der Waals surface area contributed by atoms with Gasteiger partial charge in [0.05, 0.1) is 17.3 Å². The number of para-hydroxylation sites is 1. The van der Waals surface area contributed by atoms with Crippen LogP contribution < -0.4 is 16.2 Å². The average molecular weight is 471 g/mol. The van der Waals surface area contributed by atoms with Gasteiger partial charge in [-0.05, 0) is 48.7 Å². The maximum absolute atomic E-state index is 13.1. The van der Waals surface area contributed by atoms with Gasteiger partial charge in [0.15, 0.2) is 5.76 Å². The van der Waals surface area contributed by atoms with Gasteiger partial charge in [-0.2, -0.15) is 0 Å². The molecule has 3 N–H and O–H groups in total. The van der Waals surface area contributed by atoms with Crippen LogP contribution in [0.5, 0.6) is 0 Å². The van der Waals surface area contributed by atoms with Gasteiger partial charge in [0.25, 0.3) is 17.7 Å². The summed E-state index contributed by atoms with van der Waals surface area (Å²) >= 11 is 0. The SMILES string of the molecule is Cc1ccccc1C(=O)N[C@H](C(=O)NNC(=O)c1cc(-c2ccco2)nc2ccccc12)C(C)C. The smallest absolute Gasteiger partial charge is 0.270 e. The lowest BCUT2D eigenvalue weighted by Gasteiger charge is -2.22. The number of nitrogens with zero attached hydrogens (tertiary/aromatic N) is 1. The van der Waals surface area contributed by atoms with Gasteiger partial charge in [0, 0.05) is 10.9 Å². The highest BCUT2D eigenvalue weighted by atomic mass is 16.3. The van der Waals surface area contributed by atoms with E-state index < -0.39 is 17.9 Å². The summed E-state index contributed by atoms with van der Waals surface area (Å²) in [6.07, 6.45) is 1.53. The van der Waals surface area contributed by atoms with Gasteiger partial charge in [0.1, 0.15) is 11.7 Å². The minimum Gasteiger partial charge on any atom is -0.463 e. The standard InChI is InChI=1S/C27H26N4O4/c1-16(2)24(29-25(32)18-10-5-4-9-17(18)3)27(34)31-30-26(33)20-15-22(23-13-8-14-35-23)28-21-12-7-6-11-19(20)21/h4-16,24H,1-3H3,(H,29,32)(H,30,33)(H,31,34)/t24-/m0/s1. The van der Waals surface area contributed by atoms with Gasteiger partial charge in [-0.3, -0.25) is 25.2 Å². The van der Waals surface area contributed by atoms with Gasteiger partial charge < -0.3 is 9.73 Å². The number of pyridine rings is 1. The van der Waals surface area contributed by atoms with Crippen molar-refractivity contribution in [2.24, 2.45) is 5.92 Å². The van der Waals surface area contributed by atoms with Crippen molar-refractivity contribution in [3.63, 3.8) is 0 Å². The Kier molecular flexibility index (Phi) is 6.91. The quantitative estimate of drug-likeness (QED) is 0.369. The molecule has 4 rings (SSSR count). The van der Waals surface area contributed by atoms with E-state index in [4.69, 9.17) is 4.42 Å². The molecule has 0 aliphatic carbocycles. The van der Waals surface area contributed by atoms with Crippen LogP contribution in [0.4, 0.5) is 0 Å². The highest BCUT2D eigenvalue weighted by Crippen LogP contribution is 2.25. The van der Waals surface area contributed by atoms with E-state index in [-0.39, 0.29) is 11.8 Å². The van der Waals surface area contributed by atoms with Crippen LogP contribution in [-0.2, 0) is 4.79 Å². The molecule has 35 heavy (non-hydrogen) atoms. The third-order valence-electron chi connectivity index (χ3n) is 5.66. The Balaban J connectivity index is 1.51. The number of rotatable bonds is 6. The van der Waals surface area contributed by atoms with E-state index in [1.807, 2.05) is 45.0 Å². The molecule has 0 aliphatic heterocycles. The maximum atomic E-state index is 13.1. The van der Waals surface area contributed by atoms with Gasteiger partial charge >= 0.3 is 0 Å². The van der Waals surface area contributed by atoms with Crippen LogP contribution in [0.1, 0.15) is 40.1 Å². The van der Waals surface area contributed by atoms with E-state index in [0.717, 1.165) is 5.56 Å². The Labute approximate surface area is 202 Å². The second kappa shape index (κ2) is 10.2. The lowest BCUT2D eigenvalue weighted by atomic mass is 10.0. The average Bonchev–Trinajstić information content (AvgIpc) is 3.40. The van der Waals surface area contributed by atoms with Crippen LogP contribution in [0.3, 0.4) is 0 Å². The summed E-state index contributed by atoms with van der Waals surface area (Å²) in [4.78, 5) is 43.3. The zero-order chi connectivity index (χ0) is 24.9. The molecule has 0 fully saturated rings. The summed E-state index contributed by atoms with van der Waals surface area (Å²) < 4.78 is 5.44. The predicted molar refractivity (Wildman–Crippen MR) is 132 cm³/mol. The number of aromatic nitrogens is 1. The number of hydrazine groups is 1.